The van der Waals surface area contributed by atoms with Crippen LogP contribution < -0.4 is 16.4 Å². The van der Waals surface area contributed by atoms with Gasteiger partial charge in [-0.25, -0.2) is 9.97 Å². The van der Waals surface area contributed by atoms with E-state index in [1.165, 1.54) is 11.9 Å². The average molecular weight is 301 g/mol. The lowest BCUT2D eigenvalue weighted by atomic mass is 10.1. The Kier molecular flexibility index (Phi) is 5.55. The smallest absolute Gasteiger partial charge is 0.159 e. The number of benzene rings is 1. The first-order valence-electron chi connectivity index (χ1n) is 7.29. The van der Waals surface area contributed by atoms with E-state index in [1.54, 1.807) is 7.11 Å². The zero-order chi connectivity index (χ0) is 15.9. The number of anilines is 4. The Balaban J connectivity index is 2.11. The molecule has 0 unspecified atom stereocenters. The second-order valence-corrected chi connectivity index (χ2v) is 5.20. The van der Waals surface area contributed by atoms with Crippen LogP contribution in [0.5, 0.6) is 0 Å². The molecule has 1 heterocycles. The molecule has 6 nitrogen and oxygen atoms in total. The zero-order valence-electron chi connectivity index (χ0n) is 13.3. The molecule has 0 saturated carbocycles. The van der Waals surface area contributed by atoms with E-state index >= 15 is 0 Å². The number of hydrogen-bond donors (Lipinski definition) is 3. The minimum atomic E-state index is 0.514. The third-order valence-corrected chi connectivity index (χ3v) is 3.34. The van der Waals surface area contributed by atoms with E-state index in [1.807, 2.05) is 6.07 Å². The molecule has 0 radical (unpaired) electrons. The Morgan fingerprint density at radius 2 is 1.95 bits per heavy atom. The molecule has 1 aromatic heterocycles. The van der Waals surface area contributed by atoms with Crippen molar-refractivity contribution in [2.75, 3.05) is 36.6 Å². The van der Waals surface area contributed by atoms with Crippen LogP contribution in [0, 0.1) is 13.8 Å². The fraction of sp³-hybridized carbons (Fsp3) is 0.375. The highest BCUT2D eigenvalue weighted by molar-refractivity contribution is 5.78. The van der Waals surface area contributed by atoms with Crippen molar-refractivity contribution in [3.05, 3.63) is 35.7 Å². The van der Waals surface area contributed by atoms with E-state index in [0.29, 0.717) is 23.9 Å². The summed E-state index contributed by atoms with van der Waals surface area (Å²) in [4.78, 5) is 8.42. The quantitative estimate of drug-likeness (QED) is 0.682. The second kappa shape index (κ2) is 7.61. The van der Waals surface area contributed by atoms with E-state index in [-0.39, 0.29) is 0 Å². The lowest BCUT2D eigenvalue weighted by Crippen LogP contribution is -2.10. The molecule has 0 aliphatic carbocycles. The highest BCUT2D eigenvalue weighted by Gasteiger charge is 2.09. The Morgan fingerprint density at radius 3 is 2.68 bits per heavy atom. The maximum absolute atomic E-state index is 6.14. The molecule has 4 N–H and O–H groups in total. The molecule has 0 bridgehead atoms. The van der Waals surface area contributed by atoms with Crippen LogP contribution in [0.4, 0.5) is 23.0 Å². The Morgan fingerprint density at radius 1 is 1.18 bits per heavy atom. The molecule has 6 heteroatoms. The van der Waals surface area contributed by atoms with Gasteiger partial charge in [0.2, 0.25) is 0 Å². The van der Waals surface area contributed by atoms with Gasteiger partial charge in [-0.05, 0) is 31.9 Å². The number of nitrogen functional groups attached to an aromatic ring is 1. The number of nitrogens with one attached hydrogen (secondary N) is 2. The molecule has 2 rings (SSSR count). The topological polar surface area (TPSA) is 85.1 Å². The Bertz CT molecular complexity index is 630. The predicted molar refractivity (Wildman–Crippen MR) is 90.6 cm³/mol. The highest BCUT2D eigenvalue weighted by Crippen LogP contribution is 2.27. The van der Waals surface area contributed by atoms with Gasteiger partial charge in [-0.2, -0.15) is 0 Å². The molecule has 0 aliphatic rings. The van der Waals surface area contributed by atoms with Gasteiger partial charge in [0.25, 0.3) is 0 Å². The van der Waals surface area contributed by atoms with Crippen LogP contribution >= 0.6 is 0 Å². The lowest BCUT2D eigenvalue weighted by Gasteiger charge is -2.14. The number of rotatable bonds is 7. The summed E-state index contributed by atoms with van der Waals surface area (Å²) in [6.45, 7) is 5.57. The van der Waals surface area contributed by atoms with Gasteiger partial charge < -0.3 is 21.1 Å². The summed E-state index contributed by atoms with van der Waals surface area (Å²) >= 11 is 0. The van der Waals surface area contributed by atoms with E-state index in [0.717, 1.165) is 24.2 Å². The van der Waals surface area contributed by atoms with Gasteiger partial charge in [-0.3, -0.25) is 0 Å². The Labute approximate surface area is 131 Å². The van der Waals surface area contributed by atoms with Crippen molar-refractivity contribution in [3.63, 3.8) is 0 Å². The molecule has 118 valence electrons. The third kappa shape index (κ3) is 4.08. The summed E-state index contributed by atoms with van der Waals surface area (Å²) in [5.41, 5.74) is 10.0. The molecule has 0 aliphatic heterocycles. The molecule has 0 atom stereocenters. The van der Waals surface area contributed by atoms with Gasteiger partial charge in [-0.1, -0.05) is 17.7 Å². The number of ether oxygens (including phenoxy) is 1. The average Bonchev–Trinajstić information content (AvgIpc) is 2.49. The van der Waals surface area contributed by atoms with Crippen molar-refractivity contribution in [3.8, 4) is 0 Å². The number of aromatic nitrogens is 2. The molecular formula is C16H23N5O. The van der Waals surface area contributed by atoms with Crippen molar-refractivity contribution in [1.82, 2.24) is 9.97 Å². The van der Waals surface area contributed by atoms with Gasteiger partial charge in [0.1, 0.15) is 12.0 Å². The van der Waals surface area contributed by atoms with Crippen LogP contribution in [0.1, 0.15) is 17.5 Å². The maximum Gasteiger partial charge on any atom is 0.159 e. The zero-order valence-corrected chi connectivity index (χ0v) is 13.3. The standard InChI is InChI=1S/C16H23N5O/c1-11-5-6-13(12(2)9-11)21-16-14(17)15(19-10-20-16)18-7-4-8-22-3/h5-6,9-10H,4,7-8,17H2,1-3H3,(H2,18,19,20,21). The van der Waals surface area contributed by atoms with Crippen molar-refractivity contribution in [1.29, 1.82) is 0 Å². The van der Waals surface area contributed by atoms with Crippen LogP contribution in [-0.2, 0) is 4.74 Å². The van der Waals surface area contributed by atoms with E-state index in [2.05, 4.69) is 46.6 Å². The van der Waals surface area contributed by atoms with Gasteiger partial charge in [-0.15, -0.1) is 0 Å². The van der Waals surface area contributed by atoms with Crippen LogP contribution in [-0.4, -0.2) is 30.2 Å². The van der Waals surface area contributed by atoms with Crippen LogP contribution in [0.3, 0.4) is 0 Å². The third-order valence-electron chi connectivity index (χ3n) is 3.34. The van der Waals surface area contributed by atoms with Crippen molar-refractivity contribution < 1.29 is 4.74 Å². The monoisotopic (exact) mass is 301 g/mol. The van der Waals surface area contributed by atoms with Gasteiger partial charge in [0.15, 0.2) is 11.6 Å². The summed E-state index contributed by atoms with van der Waals surface area (Å²) in [5.74, 6) is 1.24. The number of aryl methyl sites for hydroxylation is 2. The Hall–Kier alpha value is -2.34. The van der Waals surface area contributed by atoms with Gasteiger partial charge >= 0.3 is 0 Å². The minimum Gasteiger partial charge on any atom is -0.393 e. The summed E-state index contributed by atoms with van der Waals surface area (Å²) in [5, 5.41) is 6.47. The van der Waals surface area contributed by atoms with Gasteiger partial charge in [0.05, 0.1) is 0 Å². The molecule has 0 saturated heterocycles. The first-order valence-corrected chi connectivity index (χ1v) is 7.29. The molecule has 22 heavy (non-hydrogen) atoms. The summed E-state index contributed by atoms with van der Waals surface area (Å²) in [6.07, 6.45) is 2.39. The number of nitrogens with zero attached hydrogens (tertiary/aromatic N) is 2. The number of hydrogen-bond acceptors (Lipinski definition) is 6. The van der Waals surface area contributed by atoms with E-state index in [4.69, 9.17) is 10.5 Å². The summed E-state index contributed by atoms with van der Waals surface area (Å²) in [7, 11) is 1.69. The van der Waals surface area contributed by atoms with Crippen LogP contribution in [0.15, 0.2) is 24.5 Å². The SMILES string of the molecule is COCCCNc1ncnc(Nc2ccc(C)cc2C)c1N. The largest absolute Gasteiger partial charge is 0.393 e. The summed E-state index contributed by atoms with van der Waals surface area (Å²) < 4.78 is 5.02. The molecular weight excluding hydrogens is 278 g/mol. The fourth-order valence-corrected chi connectivity index (χ4v) is 2.14. The molecule has 2 aromatic rings. The molecule has 0 amide bonds. The van der Waals surface area contributed by atoms with Crippen molar-refractivity contribution >= 4 is 23.0 Å². The molecule has 0 spiro atoms. The minimum absolute atomic E-state index is 0.514. The van der Waals surface area contributed by atoms with Crippen molar-refractivity contribution in [2.24, 2.45) is 0 Å². The lowest BCUT2D eigenvalue weighted by molar-refractivity contribution is 0.198. The first kappa shape index (κ1) is 16.0. The van der Waals surface area contributed by atoms with E-state index in [9.17, 15) is 0 Å². The first-order chi connectivity index (χ1) is 10.6. The molecule has 0 fully saturated rings. The van der Waals surface area contributed by atoms with E-state index < -0.39 is 0 Å². The van der Waals surface area contributed by atoms with Gasteiger partial charge in [0, 0.05) is 25.9 Å². The fourth-order valence-electron chi connectivity index (χ4n) is 2.14. The normalized spacial score (nSPS) is 10.5. The maximum atomic E-state index is 6.14. The van der Waals surface area contributed by atoms with Crippen LogP contribution in [0.2, 0.25) is 0 Å². The number of methoxy groups -OCH3 is 1. The van der Waals surface area contributed by atoms with Crippen LogP contribution in [0.25, 0.3) is 0 Å². The van der Waals surface area contributed by atoms with Crippen molar-refractivity contribution in [2.45, 2.75) is 20.3 Å². The second-order valence-electron chi connectivity index (χ2n) is 5.20. The number of nitrogens with two attached hydrogens (primary N) is 1. The predicted octanol–water partition coefficient (Wildman–Crippen LogP) is 2.87. The molecule has 1 aromatic carbocycles. The highest BCUT2D eigenvalue weighted by atomic mass is 16.5. The summed E-state index contributed by atoms with van der Waals surface area (Å²) in [6, 6.07) is 6.19.